The molecule has 1 aromatic rings. The predicted molar refractivity (Wildman–Crippen MR) is 159 cm³/mol. The number of hydrogen-bond donors (Lipinski definition) is 0. The van der Waals surface area contributed by atoms with Gasteiger partial charge in [-0.15, -0.1) is 21.5 Å². The third-order valence-electron chi connectivity index (χ3n) is 8.29. The highest BCUT2D eigenvalue weighted by Gasteiger charge is 2.35. The lowest BCUT2D eigenvalue weighted by Crippen LogP contribution is -2.22. The Bertz CT molecular complexity index is 562. The van der Waals surface area contributed by atoms with Crippen LogP contribution in [0.4, 0.5) is 0 Å². The van der Waals surface area contributed by atoms with E-state index < -0.39 is 0 Å². The molecule has 0 aliphatic carbocycles. The van der Waals surface area contributed by atoms with E-state index in [-0.39, 0.29) is 10.8 Å². The molecule has 1 aromatic heterocycles. The normalized spacial score (nSPS) is 15.3. The molecule has 1 rings (SSSR count). The van der Waals surface area contributed by atoms with E-state index in [0.717, 1.165) is 0 Å². The minimum absolute atomic E-state index is 0.208. The van der Waals surface area contributed by atoms with Gasteiger partial charge in [-0.25, -0.2) is 0 Å². The average molecular weight is 507 g/mol. The Morgan fingerprint density at radius 2 is 0.686 bits per heavy atom. The van der Waals surface area contributed by atoms with E-state index >= 15 is 0 Å². The van der Waals surface area contributed by atoms with Gasteiger partial charge in [0.25, 0.3) is 0 Å². The van der Waals surface area contributed by atoms with E-state index in [1.165, 1.54) is 151 Å². The Hall–Kier alpha value is -0.440. The molecule has 0 aliphatic rings. The zero-order chi connectivity index (χ0) is 25.8. The highest BCUT2D eigenvalue weighted by atomic mass is 32.1. The van der Waals surface area contributed by atoms with Crippen molar-refractivity contribution in [2.45, 2.75) is 194 Å². The summed E-state index contributed by atoms with van der Waals surface area (Å²) in [7, 11) is 0. The monoisotopic (exact) mass is 506 g/mol. The van der Waals surface area contributed by atoms with Crippen LogP contribution < -0.4 is 0 Å². The van der Waals surface area contributed by atoms with Crippen LogP contribution in [0.2, 0.25) is 0 Å². The molecule has 0 radical (unpaired) electrons. The fraction of sp³-hybridized carbons (Fsp3) is 0.938. The highest BCUT2D eigenvalue weighted by molar-refractivity contribution is 7.11. The SMILES string of the molecule is CCCCCCCC(C)(CCCCCC)c1nnc(C(C)(CCCCCC)CCCCCCC)s1. The minimum Gasteiger partial charge on any atom is -0.143 e. The Balaban J connectivity index is 2.95. The van der Waals surface area contributed by atoms with Crippen molar-refractivity contribution in [3.8, 4) is 0 Å². The molecule has 0 amide bonds. The van der Waals surface area contributed by atoms with Crippen molar-refractivity contribution in [2.75, 3.05) is 0 Å². The molecule has 1 heterocycles. The van der Waals surface area contributed by atoms with Crippen molar-refractivity contribution in [2.24, 2.45) is 0 Å². The molecular weight excluding hydrogens is 444 g/mol. The number of unbranched alkanes of at least 4 members (excludes halogenated alkanes) is 14. The van der Waals surface area contributed by atoms with Crippen molar-refractivity contribution in [1.29, 1.82) is 0 Å². The Morgan fingerprint density at radius 1 is 0.429 bits per heavy atom. The quantitative estimate of drug-likeness (QED) is 0.130. The van der Waals surface area contributed by atoms with Gasteiger partial charge in [0.05, 0.1) is 0 Å². The van der Waals surface area contributed by atoms with Gasteiger partial charge in [0, 0.05) is 10.8 Å². The summed E-state index contributed by atoms with van der Waals surface area (Å²) in [5.74, 6) is 0. The van der Waals surface area contributed by atoms with E-state index in [9.17, 15) is 0 Å². The number of aromatic nitrogens is 2. The fourth-order valence-corrected chi connectivity index (χ4v) is 6.76. The zero-order valence-corrected chi connectivity index (χ0v) is 25.7. The maximum Gasteiger partial charge on any atom is 0.123 e. The van der Waals surface area contributed by atoms with E-state index in [1.807, 2.05) is 11.3 Å². The first-order valence-corrected chi connectivity index (χ1v) is 16.6. The molecule has 0 spiro atoms. The second kappa shape index (κ2) is 19.6. The summed E-state index contributed by atoms with van der Waals surface area (Å²) >= 11 is 1.99. The van der Waals surface area contributed by atoms with Crippen molar-refractivity contribution < 1.29 is 0 Å². The molecule has 35 heavy (non-hydrogen) atoms. The highest BCUT2D eigenvalue weighted by Crippen LogP contribution is 2.42. The number of hydrogen-bond acceptors (Lipinski definition) is 3. The van der Waals surface area contributed by atoms with Gasteiger partial charge in [-0.3, -0.25) is 0 Å². The Morgan fingerprint density at radius 3 is 0.971 bits per heavy atom. The maximum absolute atomic E-state index is 4.94. The van der Waals surface area contributed by atoms with Crippen LogP contribution in [0.25, 0.3) is 0 Å². The third kappa shape index (κ3) is 13.1. The van der Waals surface area contributed by atoms with Crippen LogP contribution in [0, 0.1) is 0 Å². The summed E-state index contributed by atoms with van der Waals surface area (Å²) in [6.45, 7) is 14.3. The first-order chi connectivity index (χ1) is 17.0. The second-order valence-corrected chi connectivity index (χ2v) is 13.0. The molecule has 0 saturated carbocycles. The molecule has 0 saturated heterocycles. The zero-order valence-electron chi connectivity index (χ0n) is 24.9. The molecule has 2 atom stereocenters. The van der Waals surface area contributed by atoms with Crippen molar-refractivity contribution in [3.63, 3.8) is 0 Å². The maximum atomic E-state index is 4.94. The second-order valence-electron chi connectivity index (χ2n) is 12.0. The Kier molecular flexibility index (Phi) is 18.3. The standard InChI is InChI=1S/C32H62N2S/c1-7-11-15-19-23-27-31(5,25-21-17-13-9-3)29-33-34-30(35-29)32(6,26-22-18-14-10-4)28-24-20-16-12-8-2/h7-28H2,1-6H3. The van der Waals surface area contributed by atoms with Gasteiger partial charge in [-0.05, 0) is 25.7 Å². The topological polar surface area (TPSA) is 25.8 Å². The molecular formula is C32H62N2S. The first-order valence-electron chi connectivity index (χ1n) is 15.8. The Labute approximate surface area is 224 Å². The van der Waals surface area contributed by atoms with Gasteiger partial charge in [-0.1, -0.05) is 157 Å². The molecule has 0 aliphatic heterocycles. The lowest BCUT2D eigenvalue weighted by Gasteiger charge is -2.29. The molecule has 206 valence electrons. The van der Waals surface area contributed by atoms with Crippen molar-refractivity contribution in [1.82, 2.24) is 10.2 Å². The van der Waals surface area contributed by atoms with E-state index in [2.05, 4.69) is 41.5 Å². The third-order valence-corrected chi connectivity index (χ3v) is 9.82. The van der Waals surface area contributed by atoms with Crippen LogP contribution in [0.3, 0.4) is 0 Å². The van der Waals surface area contributed by atoms with Crippen LogP contribution in [0.1, 0.15) is 193 Å². The van der Waals surface area contributed by atoms with Crippen molar-refractivity contribution >= 4 is 11.3 Å². The van der Waals surface area contributed by atoms with Gasteiger partial charge in [0.2, 0.25) is 0 Å². The largest absolute Gasteiger partial charge is 0.143 e. The minimum atomic E-state index is 0.208. The smallest absolute Gasteiger partial charge is 0.123 e. The first kappa shape index (κ1) is 32.6. The summed E-state index contributed by atoms with van der Waals surface area (Å²) < 4.78 is 0. The summed E-state index contributed by atoms with van der Waals surface area (Å²) in [6, 6.07) is 0. The van der Waals surface area contributed by atoms with E-state index in [4.69, 9.17) is 10.2 Å². The average Bonchev–Trinajstić information content (AvgIpc) is 3.37. The molecule has 0 fully saturated rings. The number of nitrogens with zero attached hydrogens (tertiary/aromatic N) is 2. The van der Waals surface area contributed by atoms with Crippen LogP contribution in [0.5, 0.6) is 0 Å². The van der Waals surface area contributed by atoms with E-state index in [1.54, 1.807) is 0 Å². The van der Waals surface area contributed by atoms with E-state index in [0.29, 0.717) is 0 Å². The van der Waals surface area contributed by atoms with Gasteiger partial charge >= 0.3 is 0 Å². The number of rotatable bonds is 24. The fourth-order valence-electron chi connectivity index (χ4n) is 5.51. The summed E-state index contributed by atoms with van der Waals surface area (Å²) in [5.41, 5.74) is 0.417. The summed E-state index contributed by atoms with van der Waals surface area (Å²) in [5, 5.41) is 12.6. The molecule has 2 unspecified atom stereocenters. The van der Waals surface area contributed by atoms with Gasteiger partial charge in [0.1, 0.15) is 10.0 Å². The summed E-state index contributed by atoms with van der Waals surface area (Å²) in [4.78, 5) is 0. The van der Waals surface area contributed by atoms with Gasteiger partial charge in [-0.2, -0.15) is 0 Å². The van der Waals surface area contributed by atoms with Crippen LogP contribution in [0.15, 0.2) is 0 Å². The summed E-state index contributed by atoms with van der Waals surface area (Å²) in [6.07, 6.45) is 29.4. The molecule has 0 bridgehead atoms. The lowest BCUT2D eigenvalue weighted by atomic mass is 9.80. The molecule has 3 heteroatoms. The van der Waals surface area contributed by atoms with Gasteiger partial charge < -0.3 is 0 Å². The van der Waals surface area contributed by atoms with Crippen LogP contribution in [-0.4, -0.2) is 10.2 Å². The lowest BCUT2D eigenvalue weighted by molar-refractivity contribution is 0.355. The molecule has 0 aromatic carbocycles. The van der Waals surface area contributed by atoms with Crippen LogP contribution >= 0.6 is 11.3 Å². The van der Waals surface area contributed by atoms with Gasteiger partial charge in [0.15, 0.2) is 0 Å². The molecule has 0 N–H and O–H groups in total. The predicted octanol–water partition coefficient (Wildman–Crippen LogP) is 11.7. The van der Waals surface area contributed by atoms with Crippen molar-refractivity contribution in [3.05, 3.63) is 10.0 Å². The van der Waals surface area contributed by atoms with Crippen LogP contribution in [-0.2, 0) is 10.8 Å². The molecule has 2 nitrogen and oxygen atoms in total.